The van der Waals surface area contributed by atoms with E-state index >= 15 is 13.2 Å². The highest BCUT2D eigenvalue weighted by Crippen LogP contribution is 2.55. The van der Waals surface area contributed by atoms with Gasteiger partial charge in [-0.25, -0.2) is 8.78 Å². The molecule has 0 radical (unpaired) electrons. The van der Waals surface area contributed by atoms with Crippen LogP contribution in [0.4, 0.5) is 17.6 Å². The molecule has 1 unspecified atom stereocenters. The topological polar surface area (TPSA) is 27.7 Å². The van der Waals surface area contributed by atoms with Crippen molar-refractivity contribution in [3.05, 3.63) is 71.5 Å². The smallest absolute Gasteiger partial charge is 0.305 e. The summed E-state index contributed by atoms with van der Waals surface area (Å²) in [6.45, 7) is 5.88. The lowest BCUT2D eigenvalue weighted by atomic mass is 9.98. The fourth-order valence-electron chi connectivity index (χ4n) is 4.13. The van der Waals surface area contributed by atoms with Gasteiger partial charge in [-0.05, 0) is 73.6 Å². The van der Waals surface area contributed by atoms with Gasteiger partial charge in [0.15, 0.2) is 23.1 Å². The van der Waals surface area contributed by atoms with Crippen molar-refractivity contribution in [1.82, 2.24) is 0 Å². The lowest BCUT2D eigenvalue weighted by Gasteiger charge is -2.23. The fourth-order valence-corrected chi connectivity index (χ4v) is 4.13. The highest BCUT2D eigenvalue weighted by molar-refractivity contribution is 5.81. The van der Waals surface area contributed by atoms with Gasteiger partial charge in [-0.2, -0.15) is 8.78 Å². The quantitative estimate of drug-likeness (QED) is 0.330. The van der Waals surface area contributed by atoms with E-state index in [0.29, 0.717) is 18.3 Å². The van der Waals surface area contributed by atoms with Crippen LogP contribution < -0.4 is 9.47 Å². The molecule has 0 spiro atoms. The highest BCUT2D eigenvalue weighted by Gasteiger charge is 2.50. The molecule has 2 aromatic carbocycles. The number of ether oxygens (including phenoxy) is 3. The minimum Gasteiger partial charge on any atom is -0.494 e. The number of benzene rings is 2. The molecular weight excluding hydrogens is 424 g/mol. The second kappa shape index (κ2) is 8.88. The van der Waals surface area contributed by atoms with Gasteiger partial charge < -0.3 is 14.2 Å². The molecule has 0 saturated carbocycles. The molecule has 2 aliphatic rings. The summed E-state index contributed by atoms with van der Waals surface area (Å²) in [5.74, 6) is -5.96. The first-order chi connectivity index (χ1) is 15.4. The van der Waals surface area contributed by atoms with Crippen molar-refractivity contribution < 1.29 is 31.8 Å². The van der Waals surface area contributed by atoms with E-state index in [1.54, 1.807) is 6.92 Å². The van der Waals surface area contributed by atoms with Crippen LogP contribution in [0.1, 0.15) is 37.3 Å². The molecule has 0 fully saturated rings. The molecule has 1 aliphatic carbocycles. The predicted octanol–water partition coefficient (Wildman–Crippen LogP) is 6.75. The van der Waals surface area contributed by atoms with Gasteiger partial charge in [-0.15, -0.1) is 6.58 Å². The molecule has 32 heavy (non-hydrogen) atoms. The summed E-state index contributed by atoms with van der Waals surface area (Å²) in [4.78, 5) is 0. The maximum Gasteiger partial charge on any atom is 0.305 e. The zero-order valence-electron chi connectivity index (χ0n) is 17.7. The van der Waals surface area contributed by atoms with Crippen LogP contribution in [-0.2, 0) is 10.7 Å². The summed E-state index contributed by atoms with van der Waals surface area (Å²) in [5.41, 5.74) is -1.88. The van der Waals surface area contributed by atoms with Crippen LogP contribution >= 0.6 is 0 Å². The first-order valence-electron chi connectivity index (χ1n) is 10.6. The minimum absolute atomic E-state index is 0.0553. The Bertz CT molecular complexity index is 1060. The Hall–Kier alpha value is -2.96. The molecule has 1 heterocycles. The monoisotopic (exact) mass is 448 g/mol. The predicted molar refractivity (Wildman–Crippen MR) is 113 cm³/mol. The van der Waals surface area contributed by atoms with Crippen molar-refractivity contribution in [2.45, 2.75) is 32.1 Å². The number of allylic oxidation sites excluding steroid dienone is 2. The van der Waals surface area contributed by atoms with E-state index in [1.165, 1.54) is 24.3 Å². The van der Waals surface area contributed by atoms with Crippen LogP contribution in [0.5, 0.6) is 11.5 Å². The average molecular weight is 448 g/mol. The molecule has 0 bridgehead atoms. The first kappa shape index (κ1) is 22.2. The van der Waals surface area contributed by atoms with Crippen molar-refractivity contribution in [2.75, 3.05) is 19.8 Å². The Balaban J connectivity index is 1.56. The first-order valence-corrected chi connectivity index (χ1v) is 10.6. The van der Waals surface area contributed by atoms with Crippen LogP contribution in [-0.4, -0.2) is 19.8 Å². The molecule has 1 aliphatic heterocycles. The summed E-state index contributed by atoms with van der Waals surface area (Å²) in [6.07, 6.45) is 6.39. The normalized spacial score (nSPS) is 18.3. The van der Waals surface area contributed by atoms with Gasteiger partial charge in [0.25, 0.3) is 0 Å². The highest BCUT2D eigenvalue weighted by atomic mass is 19.3. The van der Waals surface area contributed by atoms with E-state index in [9.17, 15) is 4.39 Å². The third-order valence-corrected chi connectivity index (χ3v) is 5.76. The Labute approximate surface area is 184 Å². The Morgan fingerprint density at radius 3 is 2.22 bits per heavy atom. The molecule has 0 aromatic heterocycles. The lowest BCUT2D eigenvalue weighted by Crippen LogP contribution is -2.18. The van der Waals surface area contributed by atoms with E-state index in [0.717, 1.165) is 19.3 Å². The Kier molecular flexibility index (Phi) is 6.17. The number of hydrogen-bond acceptors (Lipinski definition) is 3. The van der Waals surface area contributed by atoms with E-state index in [1.807, 2.05) is 12.2 Å². The Morgan fingerprint density at radius 2 is 1.69 bits per heavy atom. The molecule has 0 saturated heterocycles. The second-order valence-corrected chi connectivity index (χ2v) is 7.85. The number of alkyl halides is 2. The zero-order valence-corrected chi connectivity index (χ0v) is 17.7. The molecule has 170 valence electrons. The fraction of sp³-hybridized carbons (Fsp3) is 0.360. The zero-order chi connectivity index (χ0) is 22.9. The molecule has 7 heteroatoms. The molecule has 4 rings (SSSR count). The summed E-state index contributed by atoms with van der Waals surface area (Å²) in [5, 5.41) is 0. The molecule has 0 amide bonds. The van der Waals surface area contributed by atoms with E-state index in [4.69, 9.17) is 14.2 Å². The van der Waals surface area contributed by atoms with Crippen molar-refractivity contribution in [2.24, 2.45) is 5.92 Å². The SMILES string of the molecule is C=CCCC1CC=C(COc2ccc3c(c2F)C(F)(F)c2c-3ccc(OCC)c2F)OC1. The standard InChI is InChI=1S/C25H24F4O3/c1-3-5-6-15-7-8-16(31-13-15)14-32-20-12-10-18-17-9-11-19(30-4-2)23(26)21(17)25(28,29)22(18)24(20)27/h3,8-12,15H,1,4-7,13-14H2,2H3. The second-order valence-electron chi connectivity index (χ2n) is 7.85. The molecular formula is C25H24F4O3. The number of fused-ring (bicyclic) bond motifs is 3. The Morgan fingerprint density at radius 1 is 1.06 bits per heavy atom. The third kappa shape index (κ3) is 3.85. The summed E-state index contributed by atoms with van der Waals surface area (Å²) >= 11 is 0. The summed E-state index contributed by atoms with van der Waals surface area (Å²) < 4.78 is 76.4. The maximum atomic E-state index is 15.2. The summed E-state index contributed by atoms with van der Waals surface area (Å²) in [6, 6.07) is 5.21. The van der Waals surface area contributed by atoms with Crippen LogP contribution in [0.3, 0.4) is 0 Å². The maximum absolute atomic E-state index is 15.2. The van der Waals surface area contributed by atoms with Crippen LogP contribution in [0, 0.1) is 17.6 Å². The average Bonchev–Trinajstić information content (AvgIpc) is 3.02. The lowest BCUT2D eigenvalue weighted by molar-refractivity contribution is 0.0391. The van der Waals surface area contributed by atoms with Gasteiger partial charge in [-0.1, -0.05) is 6.08 Å². The third-order valence-electron chi connectivity index (χ3n) is 5.76. The van der Waals surface area contributed by atoms with Gasteiger partial charge in [0.05, 0.1) is 24.3 Å². The number of halogens is 4. The summed E-state index contributed by atoms with van der Waals surface area (Å²) in [7, 11) is 0. The molecule has 2 aromatic rings. The van der Waals surface area contributed by atoms with Gasteiger partial charge in [0.1, 0.15) is 12.4 Å². The van der Waals surface area contributed by atoms with Crippen molar-refractivity contribution in [3.8, 4) is 22.6 Å². The van der Waals surface area contributed by atoms with Crippen LogP contribution in [0.25, 0.3) is 11.1 Å². The van der Waals surface area contributed by atoms with Crippen molar-refractivity contribution >= 4 is 0 Å². The van der Waals surface area contributed by atoms with E-state index < -0.39 is 28.7 Å². The number of rotatable bonds is 8. The number of hydrogen-bond donors (Lipinski definition) is 0. The van der Waals surface area contributed by atoms with Crippen LogP contribution in [0.15, 0.2) is 48.8 Å². The van der Waals surface area contributed by atoms with Crippen molar-refractivity contribution in [3.63, 3.8) is 0 Å². The van der Waals surface area contributed by atoms with Crippen molar-refractivity contribution in [1.29, 1.82) is 0 Å². The van der Waals surface area contributed by atoms with E-state index in [2.05, 4.69) is 6.58 Å². The van der Waals surface area contributed by atoms with Gasteiger partial charge >= 0.3 is 5.92 Å². The van der Waals surface area contributed by atoms with Gasteiger partial charge in [-0.3, -0.25) is 0 Å². The minimum atomic E-state index is -3.86. The molecule has 1 atom stereocenters. The van der Waals surface area contributed by atoms with E-state index in [-0.39, 0.29) is 35.8 Å². The van der Waals surface area contributed by atoms with Gasteiger partial charge in [0.2, 0.25) is 0 Å². The molecule has 3 nitrogen and oxygen atoms in total. The van der Waals surface area contributed by atoms with Crippen LogP contribution in [0.2, 0.25) is 0 Å². The van der Waals surface area contributed by atoms with Gasteiger partial charge in [0, 0.05) is 0 Å². The molecule has 0 N–H and O–H groups in total. The largest absolute Gasteiger partial charge is 0.494 e.